The lowest BCUT2D eigenvalue weighted by Gasteiger charge is -2.23. The Labute approximate surface area is 142 Å². The highest BCUT2D eigenvalue weighted by Crippen LogP contribution is 2.45. The summed E-state index contributed by atoms with van der Waals surface area (Å²) in [6.45, 7) is 2.17. The maximum Gasteiger partial charge on any atom is 0.182 e. The molecule has 2 aromatic carbocycles. The summed E-state index contributed by atoms with van der Waals surface area (Å²) in [5.74, 6) is -0.682. The van der Waals surface area contributed by atoms with E-state index in [1.165, 1.54) is 0 Å². The topological polar surface area (TPSA) is 29.5 Å². The van der Waals surface area contributed by atoms with Crippen LogP contribution in [0.2, 0.25) is 0 Å². The molecule has 1 fully saturated rings. The molecule has 5 heteroatoms. The Hall–Kier alpha value is -1.72. The van der Waals surface area contributed by atoms with Gasteiger partial charge < -0.3 is 9.84 Å². The second-order valence-electron chi connectivity index (χ2n) is 6.33. The van der Waals surface area contributed by atoms with Crippen LogP contribution in [-0.2, 0) is 5.60 Å². The number of hydrogen-bond acceptors (Lipinski definition) is 3. The molecule has 2 nitrogen and oxygen atoms in total. The zero-order valence-corrected chi connectivity index (χ0v) is 14.2. The number of halogens is 2. The van der Waals surface area contributed by atoms with Gasteiger partial charge in [-0.3, -0.25) is 0 Å². The van der Waals surface area contributed by atoms with Crippen LogP contribution < -0.4 is 4.74 Å². The van der Waals surface area contributed by atoms with Gasteiger partial charge in [0.15, 0.2) is 11.6 Å². The molecule has 0 unspecified atom stereocenters. The Morgan fingerprint density at radius 2 is 1.67 bits per heavy atom. The lowest BCUT2D eigenvalue weighted by atomic mass is 9.91. The Balaban J connectivity index is 1.96. The molecular formula is C19H18F2O2S. The fourth-order valence-corrected chi connectivity index (χ4v) is 4.85. The maximum atomic E-state index is 15.1. The summed E-state index contributed by atoms with van der Waals surface area (Å²) >= 11 is 1.09. The molecule has 0 aliphatic heterocycles. The molecule has 0 saturated heterocycles. The highest BCUT2D eigenvalue weighted by molar-refractivity contribution is 7.25. The Morgan fingerprint density at radius 1 is 1.04 bits per heavy atom. The molecule has 1 aliphatic rings. The molecule has 1 saturated carbocycles. The largest absolute Gasteiger partial charge is 0.491 e. The molecule has 0 amide bonds. The van der Waals surface area contributed by atoms with Crippen molar-refractivity contribution in [3.63, 3.8) is 0 Å². The smallest absolute Gasteiger partial charge is 0.182 e. The zero-order chi connectivity index (χ0) is 16.9. The number of rotatable bonds is 3. The first-order valence-electron chi connectivity index (χ1n) is 8.24. The third-order valence-electron chi connectivity index (χ3n) is 4.88. The maximum absolute atomic E-state index is 15.1. The number of thiophene rings is 1. The van der Waals surface area contributed by atoms with Gasteiger partial charge >= 0.3 is 0 Å². The van der Waals surface area contributed by atoms with Crippen molar-refractivity contribution >= 4 is 31.5 Å². The first-order chi connectivity index (χ1) is 11.5. The van der Waals surface area contributed by atoms with E-state index in [1.807, 2.05) is 0 Å². The molecule has 1 aromatic heterocycles. The molecule has 0 bridgehead atoms. The van der Waals surface area contributed by atoms with Crippen molar-refractivity contribution in [1.82, 2.24) is 0 Å². The normalized spacial score (nSPS) is 17.0. The van der Waals surface area contributed by atoms with Crippen molar-refractivity contribution in [3.8, 4) is 5.75 Å². The minimum Gasteiger partial charge on any atom is -0.491 e. The van der Waals surface area contributed by atoms with Crippen LogP contribution in [0.1, 0.15) is 38.2 Å². The van der Waals surface area contributed by atoms with Crippen molar-refractivity contribution < 1.29 is 18.6 Å². The molecular weight excluding hydrogens is 330 g/mol. The van der Waals surface area contributed by atoms with Gasteiger partial charge in [-0.1, -0.05) is 25.0 Å². The van der Waals surface area contributed by atoms with Crippen molar-refractivity contribution in [2.45, 2.75) is 38.2 Å². The number of aliphatic hydroxyl groups is 1. The van der Waals surface area contributed by atoms with Gasteiger partial charge in [0.05, 0.1) is 21.6 Å². The van der Waals surface area contributed by atoms with E-state index >= 15 is 4.39 Å². The molecule has 4 rings (SSSR count). The third kappa shape index (κ3) is 2.22. The summed E-state index contributed by atoms with van der Waals surface area (Å²) in [5.41, 5.74) is -0.756. The lowest BCUT2D eigenvalue weighted by Crippen LogP contribution is -2.22. The average Bonchev–Trinajstić information content (AvgIpc) is 3.16. The average molecular weight is 348 g/mol. The fraction of sp³-hybridized carbons (Fsp3) is 0.368. The predicted octanol–water partition coefficient (Wildman–Crippen LogP) is 5.49. The van der Waals surface area contributed by atoms with E-state index in [9.17, 15) is 9.50 Å². The standard InChI is InChI=1S/C19H18F2O2S/c1-2-23-14-8-6-12-11-5-7-13(19(22)9-3-4-10-19)15(20)17(11)24-18(12)16(14)21/h5-8,22H,2-4,9-10H2,1H3. The molecule has 0 atom stereocenters. The third-order valence-corrected chi connectivity index (χ3v) is 6.09. The summed E-state index contributed by atoms with van der Waals surface area (Å²) in [6, 6.07) is 6.81. The number of fused-ring (bicyclic) bond motifs is 3. The summed E-state index contributed by atoms with van der Waals surface area (Å²) in [6.07, 6.45) is 2.94. The minimum atomic E-state index is -1.09. The molecule has 126 valence electrons. The van der Waals surface area contributed by atoms with Crippen LogP contribution >= 0.6 is 11.3 Å². The monoisotopic (exact) mass is 348 g/mol. The fourth-order valence-electron chi connectivity index (χ4n) is 3.68. The molecule has 3 aromatic rings. The molecule has 0 radical (unpaired) electrons. The van der Waals surface area contributed by atoms with E-state index in [-0.39, 0.29) is 5.75 Å². The van der Waals surface area contributed by atoms with Crippen LogP contribution in [0.3, 0.4) is 0 Å². The van der Waals surface area contributed by atoms with Gasteiger partial charge in [-0.2, -0.15) is 0 Å². The van der Waals surface area contributed by atoms with E-state index in [0.29, 0.717) is 45.2 Å². The van der Waals surface area contributed by atoms with Crippen LogP contribution in [-0.4, -0.2) is 11.7 Å². The summed E-state index contributed by atoms with van der Waals surface area (Å²) in [7, 11) is 0. The van der Waals surface area contributed by atoms with E-state index in [2.05, 4.69) is 0 Å². The van der Waals surface area contributed by atoms with Gasteiger partial charge in [-0.15, -0.1) is 11.3 Å². The number of hydrogen-bond donors (Lipinski definition) is 1. The predicted molar refractivity (Wildman–Crippen MR) is 92.8 cm³/mol. The van der Waals surface area contributed by atoms with Crippen molar-refractivity contribution in [1.29, 1.82) is 0 Å². The molecule has 1 aliphatic carbocycles. The van der Waals surface area contributed by atoms with Gasteiger partial charge in [-0.05, 0) is 31.9 Å². The lowest BCUT2D eigenvalue weighted by molar-refractivity contribution is 0.0411. The van der Waals surface area contributed by atoms with Gasteiger partial charge in [0, 0.05) is 16.3 Å². The highest BCUT2D eigenvalue weighted by atomic mass is 32.1. The summed E-state index contributed by atoms with van der Waals surface area (Å²) in [4.78, 5) is 0. The van der Waals surface area contributed by atoms with E-state index < -0.39 is 17.2 Å². The van der Waals surface area contributed by atoms with Crippen molar-refractivity contribution in [2.75, 3.05) is 6.61 Å². The van der Waals surface area contributed by atoms with E-state index in [0.717, 1.165) is 24.2 Å². The SMILES string of the molecule is CCOc1ccc2c(sc3c(F)c(C4(O)CCCC4)ccc32)c1F. The van der Waals surface area contributed by atoms with E-state index in [1.54, 1.807) is 31.2 Å². The molecule has 0 spiro atoms. The molecule has 1 heterocycles. The summed E-state index contributed by atoms with van der Waals surface area (Å²) < 4.78 is 35.8. The van der Waals surface area contributed by atoms with Crippen LogP contribution in [0.25, 0.3) is 20.2 Å². The second-order valence-corrected chi connectivity index (χ2v) is 7.35. The molecule has 24 heavy (non-hydrogen) atoms. The van der Waals surface area contributed by atoms with E-state index in [4.69, 9.17) is 4.74 Å². The van der Waals surface area contributed by atoms with Crippen molar-refractivity contribution in [3.05, 3.63) is 41.5 Å². The Morgan fingerprint density at radius 3 is 2.33 bits per heavy atom. The van der Waals surface area contributed by atoms with Crippen LogP contribution in [0.5, 0.6) is 5.75 Å². The zero-order valence-electron chi connectivity index (χ0n) is 13.4. The van der Waals surface area contributed by atoms with Crippen LogP contribution in [0.15, 0.2) is 24.3 Å². The van der Waals surface area contributed by atoms with Gasteiger partial charge in [-0.25, -0.2) is 8.78 Å². The number of benzene rings is 2. The van der Waals surface area contributed by atoms with Gasteiger partial charge in [0.25, 0.3) is 0 Å². The first kappa shape index (κ1) is 15.8. The Kier molecular flexibility index (Phi) is 3.73. The number of ether oxygens (including phenoxy) is 1. The highest BCUT2D eigenvalue weighted by Gasteiger charge is 2.36. The summed E-state index contributed by atoms with van der Waals surface area (Å²) in [5, 5.41) is 12.1. The minimum absolute atomic E-state index is 0.187. The van der Waals surface area contributed by atoms with Gasteiger partial charge in [0.1, 0.15) is 5.82 Å². The molecule has 1 N–H and O–H groups in total. The van der Waals surface area contributed by atoms with Crippen LogP contribution in [0.4, 0.5) is 8.78 Å². The van der Waals surface area contributed by atoms with Crippen molar-refractivity contribution in [2.24, 2.45) is 0 Å². The van der Waals surface area contributed by atoms with Crippen LogP contribution in [0, 0.1) is 11.6 Å². The Bertz CT molecular complexity index is 926. The second kappa shape index (κ2) is 5.67. The van der Waals surface area contributed by atoms with Gasteiger partial charge in [0.2, 0.25) is 0 Å². The first-order valence-corrected chi connectivity index (χ1v) is 9.05. The quantitative estimate of drug-likeness (QED) is 0.678.